The molecule has 0 amide bonds. The largest absolute Gasteiger partial charge is 0.472 e. The van der Waals surface area contributed by atoms with Crippen LogP contribution in [0.4, 0.5) is 0 Å². The van der Waals surface area contributed by atoms with Gasteiger partial charge >= 0.3 is 19.8 Å². The van der Waals surface area contributed by atoms with Crippen LogP contribution in [0.15, 0.2) is 85.1 Å². The van der Waals surface area contributed by atoms with Crippen molar-refractivity contribution in [2.45, 2.75) is 200 Å². The van der Waals surface area contributed by atoms with E-state index < -0.39 is 26.5 Å². The van der Waals surface area contributed by atoms with Gasteiger partial charge in [0.05, 0.1) is 13.2 Å². The molecule has 3 N–H and O–H groups in total. The van der Waals surface area contributed by atoms with E-state index in [1.54, 1.807) is 0 Å². The molecule has 0 aliphatic heterocycles. The number of ether oxygens (including phenoxy) is 2. The highest BCUT2D eigenvalue weighted by Crippen LogP contribution is 2.43. The molecule has 0 rings (SSSR count). The Morgan fingerprint density at radius 3 is 1.34 bits per heavy atom. The number of esters is 2. The summed E-state index contributed by atoms with van der Waals surface area (Å²) in [5.74, 6) is -0.845. The lowest BCUT2D eigenvalue weighted by atomic mass is 10.1. The normalized spacial score (nSPS) is 14.0. The molecule has 0 radical (unpaired) electrons. The lowest BCUT2D eigenvalue weighted by Crippen LogP contribution is -2.29. The van der Waals surface area contributed by atoms with E-state index >= 15 is 0 Å². The van der Waals surface area contributed by atoms with Gasteiger partial charge in [0, 0.05) is 19.4 Å². The molecule has 0 aliphatic carbocycles. The molecule has 61 heavy (non-hydrogen) atoms. The molecule has 2 unspecified atom stereocenters. The minimum Gasteiger partial charge on any atom is -0.462 e. The van der Waals surface area contributed by atoms with Gasteiger partial charge in [-0.05, 0) is 70.6 Å². The van der Waals surface area contributed by atoms with Crippen LogP contribution in [0.3, 0.4) is 0 Å². The summed E-state index contributed by atoms with van der Waals surface area (Å²) in [5.41, 5.74) is 5.35. The predicted molar refractivity (Wildman–Crippen MR) is 256 cm³/mol. The first kappa shape index (κ1) is 58.2. The Morgan fingerprint density at radius 2 is 0.902 bits per heavy atom. The Hall–Kier alpha value is -2.81. The van der Waals surface area contributed by atoms with Gasteiger partial charge in [0.2, 0.25) is 0 Å². The summed E-state index contributed by atoms with van der Waals surface area (Å²) in [6, 6.07) is 0. The number of nitrogens with two attached hydrogens (primary N) is 1. The topological polar surface area (TPSA) is 134 Å². The van der Waals surface area contributed by atoms with Crippen LogP contribution >= 0.6 is 7.82 Å². The van der Waals surface area contributed by atoms with Crippen LogP contribution in [0.1, 0.15) is 194 Å². The van der Waals surface area contributed by atoms with Gasteiger partial charge in [0.15, 0.2) is 6.10 Å². The van der Waals surface area contributed by atoms with Crippen molar-refractivity contribution in [1.82, 2.24) is 0 Å². The standard InChI is InChI=1S/C51H88NO8P/c1-3-5-7-9-11-13-15-16-17-18-19-20-21-22-23-24-25-26-27-28-29-30-31-32-34-36-38-40-42-44-51(54)60-49(48-59-61(55,56)58-46-45-52)47-57-50(53)43-41-39-37-35-33-14-12-10-8-6-4-2/h5,7,11,13,16-17,19-20,22-23,25-26,28-29,49H,3-4,6,8-10,12,14-15,18,21,24,27,30-48,52H2,1-2H3,(H,55,56)/b7-5-,13-11-,17-16-,20-19-,23-22-,26-25-,29-28-. The highest BCUT2D eigenvalue weighted by atomic mass is 31.2. The highest BCUT2D eigenvalue weighted by Gasteiger charge is 2.26. The van der Waals surface area contributed by atoms with Gasteiger partial charge in [-0.3, -0.25) is 18.6 Å². The van der Waals surface area contributed by atoms with E-state index in [1.807, 2.05) is 0 Å². The average Bonchev–Trinajstić information content (AvgIpc) is 3.25. The van der Waals surface area contributed by atoms with Crippen LogP contribution < -0.4 is 5.73 Å². The zero-order valence-electron chi connectivity index (χ0n) is 38.6. The smallest absolute Gasteiger partial charge is 0.462 e. The van der Waals surface area contributed by atoms with Crippen molar-refractivity contribution in [1.29, 1.82) is 0 Å². The van der Waals surface area contributed by atoms with Crippen molar-refractivity contribution in [3.63, 3.8) is 0 Å². The molecule has 0 fully saturated rings. The molecule has 0 aromatic rings. The van der Waals surface area contributed by atoms with Gasteiger partial charge < -0.3 is 20.1 Å². The third kappa shape index (κ3) is 46.5. The van der Waals surface area contributed by atoms with Crippen molar-refractivity contribution in [3.8, 4) is 0 Å². The minimum absolute atomic E-state index is 0.0483. The maximum absolute atomic E-state index is 12.6. The van der Waals surface area contributed by atoms with Gasteiger partial charge in [0.25, 0.3) is 0 Å². The first-order chi connectivity index (χ1) is 29.8. The van der Waals surface area contributed by atoms with Crippen molar-refractivity contribution < 1.29 is 37.6 Å². The monoisotopic (exact) mass is 874 g/mol. The molecule has 0 spiro atoms. The van der Waals surface area contributed by atoms with E-state index in [4.69, 9.17) is 24.3 Å². The van der Waals surface area contributed by atoms with Gasteiger partial charge in [0.1, 0.15) is 6.61 Å². The SMILES string of the molecule is CC/C=C\C/C=C\C/C=C\C/C=C\C/C=C\C/C=C\C/C=C\CCCCCCCCCC(=O)OC(COC(=O)CCCCCCCCCCCCC)COP(=O)(O)OCCN. The second kappa shape index (κ2) is 46.7. The predicted octanol–water partition coefficient (Wildman–Crippen LogP) is 14.4. The van der Waals surface area contributed by atoms with E-state index in [-0.39, 0.29) is 38.6 Å². The van der Waals surface area contributed by atoms with Gasteiger partial charge in [-0.15, -0.1) is 0 Å². The third-order valence-corrected chi connectivity index (χ3v) is 10.8. The number of carbonyl (C=O) groups excluding carboxylic acids is 2. The molecule has 0 saturated carbocycles. The third-order valence-electron chi connectivity index (χ3n) is 9.80. The zero-order chi connectivity index (χ0) is 44.6. The molecule has 10 heteroatoms. The summed E-state index contributed by atoms with van der Waals surface area (Å²) in [5, 5.41) is 0. The molecule has 9 nitrogen and oxygen atoms in total. The Bertz CT molecular complexity index is 1270. The number of rotatable bonds is 44. The molecular formula is C51H88NO8P. The van der Waals surface area contributed by atoms with E-state index in [2.05, 4.69) is 98.9 Å². The number of hydrogen-bond acceptors (Lipinski definition) is 8. The second-order valence-corrected chi connectivity index (χ2v) is 17.1. The molecule has 0 bridgehead atoms. The van der Waals surface area contributed by atoms with Crippen LogP contribution in [0, 0.1) is 0 Å². The zero-order valence-corrected chi connectivity index (χ0v) is 39.5. The summed E-state index contributed by atoms with van der Waals surface area (Å²) in [6.07, 6.45) is 59.1. The Labute approximate surface area is 373 Å². The van der Waals surface area contributed by atoms with Gasteiger partial charge in [-0.25, -0.2) is 4.57 Å². The molecule has 350 valence electrons. The number of carbonyl (C=O) groups is 2. The molecule has 0 aromatic heterocycles. The van der Waals surface area contributed by atoms with Crippen molar-refractivity contribution in [3.05, 3.63) is 85.1 Å². The molecule has 0 aliphatic rings. The van der Waals surface area contributed by atoms with Crippen molar-refractivity contribution in [2.75, 3.05) is 26.4 Å². The maximum atomic E-state index is 12.6. The van der Waals surface area contributed by atoms with Crippen molar-refractivity contribution in [2.24, 2.45) is 5.73 Å². The number of hydrogen-bond donors (Lipinski definition) is 2. The minimum atomic E-state index is -4.38. The lowest BCUT2D eigenvalue weighted by Gasteiger charge is -2.19. The number of unbranched alkanes of at least 4 members (excludes halogenated alkanes) is 17. The average molecular weight is 874 g/mol. The molecule has 2 atom stereocenters. The quantitative estimate of drug-likeness (QED) is 0.0265. The van der Waals surface area contributed by atoms with Crippen molar-refractivity contribution >= 4 is 19.8 Å². The van der Waals surface area contributed by atoms with Crippen LogP contribution in [-0.2, 0) is 32.7 Å². The van der Waals surface area contributed by atoms with Gasteiger partial charge in [-0.2, -0.15) is 0 Å². The van der Waals surface area contributed by atoms with Crippen LogP contribution in [0.25, 0.3) is 0 Å². The molecule has 0 heterocycles. The summed E-state index contributed by atoms with van der Waals surface area (Å²) in [6.45, 7) is 3.59. The Balaban J connectivity index is 4.07. The summed E-state index contributed by atoms with van der Waals surface area (Å²) < 4.78 is 32.8. The fourth-order valence-corrected chi connectivity index (χ4v) is 7.03. The Morgan fingerprint density at radius 1 is 0.508 bits per heavy atom. The maximum Gasteiger partial charge on any atom is 0.472 e. The number of phosphoric ester groups is 1. The first-order valence-corrected chi connectivity index (χ1v) is 25.6. The van der Waals surface area contributed by atoms with E-state index in [1.165, 1.54) is 70.6 Å². The Kier molecular flexibility index (Phi) is 44.5. The molecule has 0 saturated heterocycles. The summed E-state index contributed by atoms with van der Waals surface area (Å²) in [7, 11) is -4.38. The van der Waals surface area contributed by atoms with Crippen LogP contribution in [-0.4, -0.2) is 49.3 Å². The number of phosphoric acid groups is 1. The second-order valence-electron chi connectivity index (χ2n) is 15.6. The lowest BCUT2D eigenvalue weighted by molar-refractivity contribution is -0.161. The first-order valence-electron chi connectivity index (χ1n) is 24.1. The summed E-state index contributed by atoms with van der Waals surface area (Å²) >= 11 is 0. The van der Waals surface area contributed by atoms with E-state index in [0.717, 1.165) is 89.9 Å². The summed E-state index contributed by atoms with van der Waals surface area (Å²) in [4.78, 5) is 34.9. The van der Waals surface area contributed by atoms with E-state index in [0.29, 0.717) is 6.42 Å². The molecular weight excluding hydrogens is 786 g/mol. The van der Waals surface area contributed by atoms with E-state index in [9.17, 15) is 19.0 Å². The fourth-order valence-electron chi connectivity index (χ4n) is 6.26. The van der Waals surface area contributed by atoms with Crippen LogP contribution in [0.5, 0.6) is 0 Å². The highest BCUT2D eigenvalue weighted by molar-refractivity contribution is 7.47. The molecule has 0 aromatic carbocycles. The van der Waals surface area contributed by atoms with Gasteiger partial charge in [-0.1, -0.05) is 195 Å². The number of allylic oxidation sites excluding steroid dienone is 14. The van der Waals surface area contributed by atoms with Crippen LogP contribution in [0.2, 0.25) is 0 Å². The fraction of sp³-hybridized carbons (Fsp3) is 0.686.